The van der Waals surface area contributed by atoms with Gasteiger partial charge < -0.3 is 10.6 Å². The van der Waals surface area contributed by atoms with Crippen LogP contribution in [0.1, 0.15) is 13.8 Å². The highest BCUT2D eigenvalue weighted by Gasteiger charge is 2.17. The fourth-order valence-corrected chi connectivity index (χ4v) is 2.45. The van der Waals surface area contributed by atoms with E-state index in [0.717, 1.165) is 12.1 Å². The lowest BCUT2D eigenvalue weighted by Crippen LogP contribution is -2.41. The van der Waals surface area contributed by atoms with Gasteiger partial charge in [-0.2, -0.15) is 0 Å². The highest BCUT2D eigenvalue weighted by molar-refractivity contribution is 7.13. The van der Waals surface area contributed by atoms with Gasteiger partial charge in [0, 0.05) is 34.9 Å². The maximum Gasteiger partial charge on any atom is 0.223 e. The molecule has 0 aliphatic carbocycles. The second kappa shape index (κ2) is 5.46. The summed E-state index contributed by atoms with van der Waals surface area (Å²) in [5.74, 6) is 0.663. The lowest BCUT2D eigenvalue weighted by atomic mass is 10.1. The molecule has 2 rings (SSSR count). The molecular formula is C13H18N4S. The topological polar surface area (TPSA) is 49.8 Å². The molecule has 0 aliphatic rings. The van der Waals surface area contributed by atoms with Crippen LogP contribution in [0.5, 0.6) is 0 Å². The van der Waals surface area contributed by atoms with Crippen molar-refractivity contribution >= 4 is 17.3 Å². The van der Waals surface area contributed by atoms with Gasteiger partial charge in [0.2, 0.25) is 5.95 Å². The molecule has 2 N–H and O–H groups in total. The normalized spacial score (nSPS) is 11.5. The molecule has 2 aromatic rings. The molecule has 96 valence electrons. The molecule has 18 heavy (non-hydrogen) atoms. The van der Waals surface area contributed by atoms with Crippen molar-refractivity contribution in [1.82, 2.24) is 15.3 Å². The summed E-state index contributed by atoms with van der Waals surface area (Å²) in [6.07, 6.45) is 3.72. The first-order valence-corrected chi connectivity index (χ1v) is 6.77. The fourth-order valence-electron chi connectivity index (χ4n) is 1.75. The molecular weight excluding hydrogens is 244 g/mol. The van der Waals surface area contributed by atoms with E-state index in [1.165, 1.54) is 4.88 Å². The molecule has 0 atom stereocenters. The highest BCUT2D eigenvalue weighted by Crippen LogP contribution is 2.23. The predicted molar refractivity (Wildman–Crippen MR) is 77.0 cm³/mol. The zero-order valence-corrected chi connectivity index (χ0v) is 11.7. The molecule has 2 aromatic heterocycles. The largest absolute Gasteiger partial charge is 0.348 e. The Balaban J connectivity index is 2.09. The number of rotatable bonds is 5. The Morgan fingerprint density at radius 3 is 2.56 bits per heavy atom. The summed E-state index contributed by atoms with van der Waals surface area (Å²) in [6.45, 7) is 5.07. The lowest BCUT2D eigenvalue weighted by molar-refractivity contribution is 0.526. The summed E-state index contributed by atoms with van der Waals surface area (Å²) in [5, 5.41) is 8.51. The SMILES string of the molecule is CNCC(C)(C)Nc1ncc(-c2cccs2)cn1. The van der Waals surface area contributed by atoms with Crippen LogP contribution in [0.3, 0.4) is 0 Å². The number of aromatic nitrogens is 2. The van der Waals surface area contributed by atoms with Gasteiger partial charge in [-0.3, -0.25) is 0 Å². The van der Waals surface area contributed by atoms with Gasteiger partial charge in [-0.05, 0) is 32.3 Å². The second-order valence-corrected chi connectivity index (χ2v) is 5.76. The van der Waals surface area contributed by atoms with Gasteiger partial charge in [-0.15, -0.1) is 11.3 Å². The molecule has 2 heterocycles. The maximum absolute atomic E-state index is 4.36. The Bertz CT molecular complexity index is 476. The number of nitrogens with one attached hydrogen (secondary N) is 2. The van der Waals surface area contributed by atoms with E-state index >= 15 is 0 Å². The van der Waals surface area contributed by atoms with Crippen molar-refractivity contribution in [2.45, 2.75) is 19.4 Å². The van der Waals surface area contributed by atoms with Crippen molar-refractivity contribution in [3.63, 3.8) is 0 Å². The third-order valence-corrected chi connectivity index (χ3v) is 3.45. The summed E-state index contributed by atoms with van der Waals surface area (Å²) in [4.78, 5) is 9.91. The summed E-state index contributed by atoms with van der Waals surface area (Å²) in [5.41, 5.74) is 0.987. The van der Waals surface area contributed by atoms with E-state index in [2.05, 4.69) is 45.9 Å². The van der Waals surface area contributed by atoms with Crippen LogP contribution in [0.2, 0.25) is 0 Å². The Hall–Kier alpha value is -1.46. The quantitative estimate of drug-likeness (QED) is 0.869. The van der Waals surface area contributed by atoms with Crippen molar-refractivity contribution < 1.29 is 0 Å². The Morgan fingerprint density at radius 2 is 2.00 bits per heavy atom. The number of hydrogen-bond donors (Lipinski definition) is 2. The lowest BCUT2D eigenvalue weighted by Gasteiger charge is -2.25. The Kier molecular flexibility index (Phi) is 3.93. The van der Waals surface area contributed by atoms with Gasteiger partial charge in [-0.1, -0.05) is 6.07 Å². The number of hydrogen-bond acceptors (Lipinski definition) is 5. The summed E-state index contributed by atoms with van der Waals surface area (Å²) < 4.78 is 0. The first-order chi connectivity index (χ1) is 8.61. The molecule has 0 unspecified atom stereocenters. The van der Waals surface area contributed by atoms with Gasteiger partial charge in [0.25, 0.3) is 0 Å². The van der Waals surface area contributed by atoms with E-state index in [4.69, 9.17) is 0 Å². The van der Waals surface area contributed by atoms with E-state index in [0.29, 0.717) is 5.95 Å². The molecule has 0 bridgehead atoms. The van der Waals surface area contributed by atoms with Crippen LogP contribution in [-0.4, -0.2) is 29.1 Å². The van der Waals surface area contributed by atoms with Crippen LogP contribution in [-0.2, 0) is 0 Å². The molecule has 0 aliphatic heterocycles. The molecule has 0 saturated carbocycles. The summed E-state index contributed by atoms with van der Waals surface area (Å²) in [6, 6.07) is 4.10. The number of thiophene rings is 1. The van der Waals surface area contributed by atoms with Crippen molar-refractivity contribution in [3.8, 4) is 10.4 Å². The first-order valence-electron chi connectivity index (χ1n) is 5.89. The molecule has 0 radical (unpaired) electrons. The minimum atomic E-state index is -0.0702. The molecule has 0 spiro atoms. The third-order valence-electron chi connectivity index (χ3n) is 2.53. The van der Waals surface area contributed by atoms with E-state index in [9.17, 15) is 0 Å². The zero-order chi connectivity index (χ0) is 13.0. The number of anilines is 1. The number of likely N-dealkylation sites (N-methyl/N-ethyl adjacent to an activating group) is 1. The predicted octanol–water partition coefficient (Wildman–Crippen LogP) is 2.62. The molecule has 0 saturated heterocycles. The maximum atomic E-state index is 4.36. The fraction of sp³-hybridized carbons (Fsp3) is 0.385. The monoisotopic (exact) mass is 262 g/mol. The van der Waals surface area contributed by atoms with E-state index in [1.807, 2.05) is 25.5 Å². The first kappa shape index (κ1) is 13.0. The highest BCUT2D eigenvalue weighted by atomic mass is 32.1. The third kappa shape index (κ3) is 3.27. The standard InChI is InChI=1S/C13H18N4S/c1-13(2,9-14-3)17-12-15-7-10(8-16-12)11-5-4-6-18-11/h4-8,14H,9H2,1-3H3,(H,15,16,17). The molecule has 4 nitrogen and oxygen atoms in total. The minimum Gasteiger partial charge on any atom is -0.348 e. The van der Waals surface area contributed by atoms with Gasteiger partial charge in [0.05, 0.1) is 0 Å². The van der Waals surface area contributed by atoms with E-state index in [1.54, 1.807) is 11.3 Å². The molecule has 0 aromatic carbocycles. The van der Waals surface area contributed by atoms with Gasteiger partial charge in [0.1, 0.15) is 0 Å². The summed E-state index contributed by atoms with van der Waals surface area (Å²) in [7, 11) is 1.93. The second-order valence-electron chi connectivity index (χ2n) is 4.81. The van der Waals surface area contributed by atoms with Gasteiger partial charge in [-0.25, -0.2) is 9.97 Å². The average Bonchev–Trinajstić information content (AvgIpc) is 2.82. The van der Waals surface area contributed by atoms with Crippen LogP contribution in [0.15, 0.2) is 29.9 Å². The minimum absolute atomic E-state index is 0.0702. The van der Waals surface area contributed by atoms with Crippen LogP contribution < -0.4 is 10.6 Å². The molecule has 0 amide bonds. The zero-order valence-electron chi connectivity index (χ0n) is 10.9. The van der Waals surface area contributed by atoms with E-state index in [-0.39, 0.29) is 5.54 Å². The Morgan fingerprint density at radius 1 is 1.28 bits per heavy atom. The summed E-state index contributed by atoms with van der Waals surface area (Å²) >= 11 is 1.69. The number of nitrogens with zero attached hydrogens (tertiary/aromatic N) is 2. The van der Waals surface area contributed by atoms with Crippen molar-refractivity contribution in [2.75, 3.05) is 18.9 Å². The van der Waals surface area contributed by atoms with Crippen molar-refractivity contribution in [2.24, 2.45) is 0 Å². The van der Waals surface area contributed by atoms with Gasteiger partial charge in [0.15, 0.2) is 0 Å². The van der Waals surface area contributed by atoms with Crippen LogP contribution in [0, 0.1) is 0 Å². The van der Waals surface area contributed by atoms with Gasteiger partial charge >= 0.3 is 0 Å². The van der Waals surface area contributed by atoms with Crippen LogP contribution in [0.25, 0.3) is 10.4 Å². The van der Waals surface area contributed by atoms with Crippen LogP contribution >= 0.6 is 11.3 Å². The average molecular weight is 262 g/mol. The Labute approximate surface area is 111 Å². The van der Waals surface area contributed by atoms with E-state index < -0.39 is 0 Å². The van der Waals surface area contributed by atoms with Crippen molar-refractivity contribution in [3.05, 3.63) is 29.9 Å². The molecule has 5 heteroatoms. The van der Waals surface area contributed by atoms with Crippen molar-refractivity contribution in [1.29, 1.82) is 0 Å². The molecule has 0 fully saturated rings. The smallest absolute Gasteiger partial charge is 0.223 e. The van der Waals surface area contributed by atoms with Crippen LogP contribution in [0.4, 0.5) is 5.95 Å².